The number of phenols is 1. The number of imidazole rings is 1. The van der Waals surface area contributed by atoms with Gasteiger partial charge in [-0.15, -0.1) is 0 Å². The first-order valence-electron chi connectivity index (χ1n) is 14.0. The molecule has 1 saturated heterocycles. The van der Waals surface area contributed by atoms with Crippen LogP contribution in [0, 0.1) is 17.3 Å². The number of hydrogen-bond donors (Lipinski definition) is 2. The lowest BCUT2D eigenvalue weighted by Crippen LogP contribution is -2.70. The molecule has 1 aromatic heterocycles. The first kappa shape index (κ1) is 22.2. The highest BCUT2D eigenvalue weighted by Crippen LogP contribution is 2.72. The lowest BCUT2D eigenvalue weighted by molar-refractivity contribution is -0.0929. The summed E-state index contributed by atoms with van der Waals surface area (Å²) < 4.78 is 0.936. The van der Waals surface area contributed by atoms with Crippen molar-refractivity contribution in [1.82, 2.24) is 14.9 Å². The Labute approximate surface area is 226 Å². The first-order chi connectivity index (χ1) is 17.6. The van der Waals surface area contributed by atoms with Crippen LogP contribution in [0.2, 0.25) is 0 Å². The summed E-state index contributed by atoms with van der Waals surface area (Å²) >= 11 is 2.55. The molecule has 5 aliphatic rings. The predicted octanol–water partition coefficient (Wildman–Crippen LogP) is 6.00. The summed E-state index contributed by atoms with van der Waals surface area (Å²) in [5.41, 5.74) is 5.70. The number of aromatic nitrogens is 2. The lowest BCUT2D eigenvalue weighted by atomic mass is 9.43. The maximum atomic E-state index is 10.7. The van der Waals surface area contributed by atoms with Crippen LogP contribution in [0.25, 0.3) is 11.0 Å². The molecular weight excluding hydrogens is 559 g/mol. The number of nitrogens with one attached hydrogen (secondary N) is 1. The number of alkyl halides is 1. The molecule has 0 radical (unpaired) electrons. The van der Waals surface area contributed by atoms with Gasteiger partial charge < -0.3 is 15.0 Å². The minimum atomic E-state index is 0.170. The van der Waals surface area contributed by atoms with Gasteiger partial charge in [-0.3, -0.25) is 4.90 Å². The summed E-state index contributed by atoms with van der Waals surface area (Å²) in [4.78, 5) is 14.2. The molecule has 3 saturated carbocycles. The summed E-state index contributed by atoms with van der Waals surface area (Å²) in [6.07, 6.45) is 10.4. The molecule has 2 heterocycles. The summed E-state index contributed by atoms with van der Waals surface area (Å²) in [5.74, 6) is 3.01. The van der Waals surface area contributed by atoms with Crippen molar-refractivity contribution in [2.24, 2.45) is 17.3 Å². The molecule has 5 atom stereocenters. The molecule has 0 spiro atoms. The van der Waals surface area contributed by atoms with Gasteiger partial charge in [0.25, 0.3) is 0 Å². The monoisotopic (exact) mass is 594 g/mol. The topological polar surface area (TPSA) is 55.4 Å². The minimum Gasteiger partial charge on any atom is -0.508 e. The zero-order valence-corrected chi connectivity index (χ0v) is 23.0. The number of nitrogens with zero attached hydrogens (tertiary/aromatic N) is 3. The number of aromatic hydroxyl groups is 1. The van der Waals surface area contributed by atoms with Crippen LogP contribution in [0.4, 0.5) is 5.95 Å². The quantitative estimate of drug-likeness (QED) is 0.216. The molecule has 2 N–H and O–H groups in total. The Hall–Kier alpha value is -1.80. The van der Waals surface area contributed by atoms with Gasteiger partial charge in [0.2, 0.25) is 5.95 Å². The van der Waals surface area contributed by atoms with Crippen LogP contribution < -0.4 is 4.90 Å². The Morgan fingerprint density at radius 3 is 2.78 bits per heavy atom. The van der Waals surface area contributed by atoms with Gasteiger partial charge in [-0.25, -0.2) is 4.98 Å². The highest BCUT2D eigenvalue weighted by Gasteiger charge is 2.71. The number of halogens is 1. The number of aromatic amines is 1. The van der Waals surface area contributed by atoms with Crippen LogP contribution >= 0.6 is 22.6 Å². The fourth-order valence-corrected chi connectivity index (χ4v) is 10.3. The molecule has 0 amide bonds. The van der Waals surface area contributed by atoms with E-state index < -0.39 is 0 Å². The minimum absolute atomic E-state index is 0.170. The summed E-state index contributed by atoms with van der Waals surface area (Å²) in [6, 6.07) is 15.9. The van der Waals surface area contributed by atoms with Crippen LogP contribution in [-0.4, -0.2) is 49.7 Å². The van der Waals surface area contributed by atoms with Crippen LogP contribution in [0.3, 0.4) is 0 Å². The van der Waals surface area contributed by atoms with E-state index in [2.05, 4.69) is 73.8 Å². The van der Waals surface area contributed by atoms with Crippen LogP contribution in [0.1, 0.15) is 56.1 Å². The molecule has 8 rings (SSSR count). The van der Waals surface area contributed by atoms with Crippen LogP contribution in [-0.2, 0) is 11.8 Å². The van der Waals surface area contributed by atoms with Crippen molar-refractivity contribution in [3.63, 3.8) is 0 Å². The van der Waals surface area contributed by atoms with Gasteiger partial charge in [0, 0.05) is 24.0 Å². The molecule has 4 bridgehead atoms. The van der Waals surface area contributed by atoms with E-state index >= 15 is 0 Å². The maximum Gasteiger partial charge on any atom is 0.204 e. The Kier molecular flexibility index (Phi) is 4.85. The zero-order valence-electron chi connectivity index (χ0n) is 20.8. The average Bonchev–Trinajstić information content (AvgIpc) is 3.54. The van der Waals surface area contributed by atoms with Gasteiger partial charge in [0.05, 0.1) is 15.6 Å². The largest absolute Gasteiger partial charge is 0.508 e. The molecule has 3 aromatic rings. The van der Waals surface area contributed by atoms with Gasteiger partial charge in [0.15, 0.2) is 0 Å². The third-order valence-electron chi connectivity index (χ3n) is 11.0. The number of H-pyrrole nitrogens is 1. The molecule has 4 aliphatic carbocycles. The SMILES string of the molecule is Oc1ccc2c(c1)C13CCN(CC4CC4)C(C2)C12CCC(N(CI)c1nc4ccccc4[nH]1)C3CC2. The highest BCUT2D eigenvalue weighted by atomic mass is 127. The van der Waals surface area contributed by atoms with Gasteiger partial charge in [-0.05, 0) is 111 Å². The molecular formula is C30H35IN4O. The lowest BCUT2D eigenvalue weighted by Gasteiger charge is -2.67. The molecule has 1 aliphatic heterocycles. The first-order valence-corrected chi connectivity index (χ1v) is 15.5. The van der Waals surface area contributed by atoms with E-state index in [0.29, 0.717) is 29.2 Å². The number of likely N-dealkylation sites (tertiary alicyclic amines) is 1. The second-order valence-corrected chi connectivity index (χ2v) is 13.0. The molecule has 2 aromatic carbocycles. The Bertz CT molecular complexity index is 1300. The van der Waals surface area contributed by atoms with Gasteiger partial charge in [0.1, 0.15) is 5.75 Å². The van der Waals surface area contributed by atoms with Crippen molar-refractivity contribution in [2.45, 2.75) is 68.9 Å². The number of piperidine rings is 1. The summed E-state index contributed by atoms with van der Waals surface area (Å²) in [5, 5.41) is 10.7. The van der Waals surface area contributed by atoms with Gasteiger partial charge in [-0.2, -0.15) is 0 Å². The molecule has 4 fully saturated rings. The van der Waals surface area contributed by atoms with Crippen LogP contribution in [0.5, 0.6) is 5.75 Å². The third-order valence-corrected chi connectivity index (χ3v) is 11.7. The number of fused-ring (bicyclic) bond motifs is 2. The smallest absolute Gasteiger partial charge is 0.204 e. The number of rotatable bonds is 5. The maximum absolute atomic E-state index is 10.7. The average molecular weight is 595 g/mol. The van der Waals surface area contributed by atoms with Crippen molar-refractivity contribution >= 4 is 39.6 Å². The summed E-state index contributed by atoms with van der Waals surface area (Å²) in [6.45, 7) is 2.53. The fraction of sp³-hybridized carbons (Fsp3) is 0.567. The van der Waals surface area contributed by atoms with Crippen molar-refractivity contribution < 1.29 is 5.11 Å². The Morgan fingerprint density at radius 2 is 1.94 bits per heavy atom. The third kappa shape index (κ3) is 2.89. The number of para-hydroxylation sites is 2. The second-order valence-electron chi connectivity index (χ2n) is 12.3. The molecule has 188 valence electrons. The second kappa shape index (κ2) is 7.85. The predicted molar refractivity (Wildman–Crippen MR) is 152 cm³/mol. The van der Waals surface area contributed by atoms with E-state index in [1.54, 1.807) is 0 Å². The highest BCUT2D eigenvalue weighted by molar-refractivity contribution is 14.1. The van der Waals surface area contributed by atoms with Gasteiger partial charge in [-0.1, -0.05) is 40.8 Å². The number of hydrogen-bond acceptors (Lipinski definition) is 4. The Balaban J connectivity index is 1.25. The number of phenolic OH excluding ortho intramolecular Hbond substituents is 1. The number of benzene rings is 2. The van der Waals surface area contributed by atoms with Crippen molar-refractivity contribution in [2.75, 3.05) is 22.5 Å². The van der Waals surface area contributed by atoms with E-state index in [1.165, 1.54) is 75.6 Å². The molecule has 6 heteroatoms. The Morgan fingerprint density at radius 1 is 1.08 bits per heavy atom. The van der Waals surface area contributed by atoms with Crippen molar-refractivity contribution in [3.05, 3.63) is 53.6 Å². The van der Waals surface area contributed by atoms with Crippen molar-refractivity contribution in [1.29, 1.82) is 0 Å². The van der Waals surface area contributed by atoms with E-state index in [9.17, 15) is 5.11 Å². The van der Waals surface area contributed by atoms with Crippen molar-refractivity contribution in [3.8, 4) is 5.75 Å². The number of anilines is 1. The van der Waals surface area contributed by atoms with E-state index in [-0.39, 0.29) is 5.41 Å². The standard InChI is InChI=1S/C30H35IN4O/c31-18-35(28-32-24-3-1-2-4-25(24)33-28)26-10-12-29-11-9-22(26)30(29)13-14-34(17-19-5-6-19)27(29)15-20-7-8-21(36)16-23(20)30/h1-4,7-8,16,19,22,26-27,36H,5-6,9-15,17-18H2,(H,32,33). The summed E-state index contributed by atoms with van der Waals surface area (Å²) in [7, 11) is 0. The zero-order chi connectivity index (χ0) is 24.1. The molecule has 5 nitrogen and oxygen atoms in total. The van der Waals surface area contributed by atoms with E-state index in [0.717, 1.165) is 27.5 Å². The van der Waals surface area contributed by atoms with E-state index in [4.69, 9.17) is 4.98 Å². The molecule has 36 heavy (non-hydrogen) atoms. The molecule has 5 unspecified atom stereocenters. The van der Waals surface area contributed by atoms with E-state index in [1.807, 2.05) is 6.07 Å². The van der Waals surface area contributed by atoms with Gasteiger partial charge >= 0.3 is 0 Å². The fourth-order valence-electron chi connectivity index (χ4n) is 9.51. The normalized spacial score (nSPS) is 35.0. The van der Waals surface area contributed by atoms with Crippen LogP contribution in [0.15, 0.2) is 42.5 Å².